The van der Waals surface area contributed by atoms with Gasteiger partial charge in [0.25, 0.3) is 0 Å². The molecule has 114 valence electrons. The Labute approximate surface area is 125 Å². The Morgan fingerprint density at radius 3 is 2.95 bits per heavy atom. The van der Waals surface area contributed by atoms with Crippen LogP contribution in [0, 0.1) is 0 Å². The van der Waals surface area contributed by atoms with Crippen LogP contribution in [0.2, 0.25) is 0 Å². The second-order valence-corrected chi connectivity index (χ2v) is 6.59. The fourth-order valence-corrected chi connectivity index (χ4v) is 3.15. The Balaban J connectivity index is 1.79. The van der Waals surface area contributed by atoms with Crippen molar-refractivity contribution in [3.63, 3.8) is 0 Å². The van der Waals surface area contributed by atoms with Gasteiger partial charge in [0.1, 0.15) is 0 Å². The van der Waals surface area contributed by atoms with E-state index >= 15 is 0 Å². The van der Waals surface area contributed by atoms with E-state index in [1.54, 1.807) is 0 Å². The summed E-state index contributed by atoms with van der Waals surface area (Å²) in [5.74, 6) is 0.0745. The summed E-state index contributed by atoms with van der Waals surface area (Å²) >= 11 is 0. The van der Waals surface area contributed by atoms with E-state index in [0.717, 1.165) is 48.5 Å². The van der Waals surface area contributed by atoms with Crippen molar-refractivity contribution >= 4 is 23.0 Å². The third kappa shape index (κ3) is 3.13. The summed E-state index contributed by atoms with van der Waals surface area (Å²) in [7, 11) is 0. The van der Waals surface area contributed by atoms with Crippen molar-refractivity contribution in [3.05, 3.63) is 17.7 Å². The van der Waals surface area contributed by atoms with E-state index in [0.29, 0.717) is 12.5 Å². The summed E-state index contributed by atoms with van der Waals surface area (Å²) in [6.45, 7) is 4.97. The lowest BCUT2D eigenvalue weighted by Crippen LogP contribution is -2.40. The topological polar surface area (TPSA) is 76.4 Å². The molecule has 0 saturated carbocycles. The van der Waals surface area contributed by atoms with Gasteiger partial charge in [-0.15, -0.1) is 0 Å². The minimum atomic E-state index is -0.104. The standard InChI is InChI=1S/C16H23N3O2/c1-16(2)9-11(5-6-21-16)18-14-8-13-10(7-12(14)17)3-4-15(20)19-13/h7-8,11,18H,3-6,9,17H2,1-2H3,(H,19,20). The maximum Gasteiger partial charge on any atom is 0.224 e. The smallest absolute Gasteiger partial charge is 0.224 e. The van der Waals surface area contributed by atoms with Crippen molar-refractivity contribution in [2.75, 3.05) is 23.0 Å². The Bertz CT molecular complexity index is 569. The van der Waals surface area contributed by atoms with Crippen LogP contribution in [-0.2, 0) is 16.0 Å². The van der Waals surface area contributed by atoms with Crippen molar-refractivity contribution in [1.29, 1.82) is 0 Å². The number of carbonyl (C=O) groups excluding carboxylic acids is 1. The molecule has 1 fully saturated rings. The zero-order valence-corrected chi connectivity index (χ0v) is 12.7. The molecule has 0 aliphatic carbocycles. The monoisotopic (exact) mass is 289 g/mol. The first-order chi connectivity index (χ1) is 9.93. The van der Waals surface area contributed by atoms with E-state index in [1.807, 2.05) is 12.1 Å². The number of amides is 1. The Morgan fingerprint density at radius 1 is 1.38 bits per heavy atom. The molecule has 1 aromatic rings. The Kier molecular flexibility index (Phi) is 3.53. The Hall–Kier alpha value is -1.75. The molecule has 1 saturated heterocycles. The van der Waals surface area contributed by atoms with Gasteiger partial charge >= 0.3 is 0 Å². The average Bonchev–Trinajstić information content (AvgIpc) is 2.39. The van der Waals surface area contributed by atoms with E-state index in [9.17, 15) is 4.79 Å². The van der Waals surface area contributed by atoms with Crippen LogP contribution in [0.5, 0.6) is 0 Å². The van der Waals surface area contributed by atoms with Gasteiger partial charge in [-0.25, -0.2) is 0 Å². The molecule has 0 radical (unpaired) electrons. The normalized spacial score (nSPS) is 24.1. The van der Waals surface area contributed by atoms with Gasteiger partial charge in [-0.1, -0.05) is 0 Å². The number of aryl methyl sites for hydroxylation is 1. The number of fused-ring (bicyclic) bond motifs is 1. The predicted octanol–water partition coefficient (Wildman–Crippen LogP) is 2.52. The minimum Gasteiger partial charge on any atom is -0.397 e. The van der Waals surface area contributed by atoms with E-state index in [4.69, 9.17) is 10.5 Å². The maximum atomic E-state index is 11.5. The van der Waals surface area contributed by atoms with Gasteiger partial charge in [0.2, 0.25) is 5.91 Å². The number of nitrogen functional groups attached to an aromatic ring is 1. The molecule has 0 bridgehead atoms. The molecular weight excluding hydrogens is 266 g/mol. The first kappa shape index (κ1) is 14.2. The van der Waals surface area contributed by atoms with Crippen molar-refractivity contribution < 1.29 is 9.53 Å². The van der Waals surface area contributed by atoms with Crippen LogP contribution in [-0.4, -0.2) is 24.2 Å². The molecule has 1 amide bonds. The van der Waals surface area contributed by atoms with Crippen molar-refractivity contribution in [2.45, 2.75) is 51.2 Å². The summed E-state index contributed by atoms with van der Waals surface area (Å²) in [4.78, 5) is 11.5. The molecular formula is C16H23N3O2. The molecule has 1 unspecified atom stereocenters. The summed E-state index contributed by atoms with van der Waals surface area (Å²) < 4.78 is 5.74. The lowest BCUT2D eigenvalue weighted by atomic mass is 9.93. The van der Waals surface area contributed by atoms with Crippen molar-refractivity contribution in [1.82, 2.24) is 0 Å². The van der Waals surface area contributed by atoms with E-state index in [-0.39, 0.29) is 11.5 Å². The summed E-state index contributed by atoms with van der Waals surface area (Å²) in [5.41, 5.74) is 9.70. The summed E-state index contributed by atoms with van der Waals surface area (Å²) in [6, 6.07) is 4.28. The predicted molar refractivity (Wildman–Crippen MR) is 84.5 cm³/mol. The van der Waals surface area contributed by atoms with Crippen molar-refractivity contribution in [3.8, 4) is 0 Å². The molecule has 1 atom stereocenters. The summed E-state index contributed by atoms with van der Waals surface area (Å²) in [5, 5.41) is 6.44. The van der Waals surface area contributed by atoms with Crippen LogP contribution in [0.25, 0.3) is 0 Å². The molecule has 1 aromatic carbocycles. The summed E-state index contributed by atoms with van der Waals surface area (Å²) in [6.07, 6.45) is 3.20. The molecule has 0 aromatic heterocycles. The number of rotatable bonds is 2. The van der Waals surface area contributed by atoms with Gasteiger partial charge in [0, 0.05) is 24.8 Å². The van der Waals surface area contributed by atoms with E-state index in [2.05, 4.69) is 24.5 Å². The van der Waals surface area contributed by atoms with Crippen molar-refractivity contribution in [2.24, 2.45) is 0 Å². The second kappa shape index (κ2) is 5.22. The number of nitrogens with one attached hydrogen (secondary N) is 2. The number of carbonyl (C=O) groups is 1. The van der Waals surface area contributed by atoms with E-state index < -0.39 is 0 Å². The van der Waals surface area contributed by atoms with Gasteiger partial charge in [0.15, 0.2) is 0 Å². The molecule has 2 heterocycles. The van der Waals surface area contributed by atoms with Gasteiger partial charge < -0.3 is 21.1 Å². The molecule has 5 heteroatoms. The minimum absolute atomic E-state index is 0.0745. The second-order valence-electron chi connectivity index (χ2n) is 6.59. The van der Waals surface area contributed by atoms with Crippen LogP contribution in [0.15, 0.2) is 12.1 Å². The molecule has 21 heavy (non-hydrogen) atoms. The lowest BCUT2D eigenvalue weighted by Gasteiger charge is -2.36. The number of hydrogen-bond acceptors (Lipinski definition) is 4. The zero-order chi connectivity index (χ0) is 15.0. The highest BCUT2D eigenvalue weighted by Crippen LogP contribution is 2.33. The molecule has 4 N–H and O–H groups in total. The SMILES string of the molecule is CC1(C)CC(Nc2cc3c(cc2N)CCC(=O)N3)CCO1. The van der Waals surface area contributed by atoms with E-state index in [1.165, 1.54) is 0 Å². The fraction of sp³-hybridized carbons (Fsp3) is 0.562. The molecule has 2 aliphatic rings. The highest BCUT2D eigenvalue weighted by atomic mass is 16.5. The third-order valence-electron chi connectivity index (χ3n) is 4.23. The fourth-order valence-electron chi connectivity index (χ4n) is 3.15. The largest absolute Gasteiger partial charge is 0.397 e. The van der Waals surface area contributed by atoms with Crippen LogP contribution < -0.4 is 16.4 Å². The molecule has 2 aliphatic heterocycles. The zero-order valence-electron chi connectivity index (χ0n) is 12.7. The van der Waals surface area contributed by atoms with Crippen LogP contribution >= 0.6 is 0 Å². The highest BCUT2D eigenvalue weighted by Gasteiger charge is 2.29. The Morgan fingerprint density at radius 2 is 2.19 bits per heavy atom. The number of benzene rings is 1. The molecule has 0 spiro atoms. The first-order valence-corrected chi connectivity index (χ1v) is 7.56. The van der Waals surface area contributed by atoms with Crippen LogP contribution in [0.3, 0.4) is 0 Å². The molecule has 5 nitrogen and oxygen atoms in total. The number of anilines is 3. The van der Waals surface area contributed by atoms with Crippen LogP contribution in [0.4, 0.5) is 17.1 Å². The lowest BCUT2D eigenvalue weighted by molar-refractivity contribution is -0.116. The van der Waals surface area contributed by atoms with Gasteiger partial charge in [0.05, 0.1) is 17.0 Å². The van der Waals surface area contributed by atoms with Gasteiger partial charge in [-0.05, 0) is 50.8 Å². The van der Waals surface area contributed by atoms with Gasteiger partial charge in [-0.3, -0.25) is 4.79 Å². The average molecular weight is 289 g/mol. The quantitative estimate of drug-likeness (QED) is 0.731. The number of ether oxygens (including phenoxy) is 1. The maximum absolute atomic E-state index is 11.5. The highest BCUT2D eigenvalue weighted by molar-refractivity contribution is 5.95. The molecule has 3 rings (SSSR count). The van der Waals surface area contributed by atoms with Gasteiger partial charge in [-0.2, -0.15) is 0 Å². The number of hydrogen-bond donors (Lipinski definition) is 3. The first-order valence-electron chi connectivity index (χ1n) is 7.56. The number of nitrogens with two attached hydrogens (primary N) is 1. The van der Waals surface area contributed by atoms with Crippen LogP contribution in [0.1, 0.15) is 38.7 Å². The third-order valence-corrected chi connectivity index (χ3v) is 4.23.